The molecule has 2 fully saturated rings. The van der Waals surface area contributed by atoms with Gasteiger partial charge < -0.3 is 15.5 Å². The molecule has 2 aliphatic heterocycles. The van der Waals surface area contributed by atoms with Gasteiger partial charge in [0.2, 0.25) is 0 Å². The van der Waals surface area contributed by atoms with Crippen LogP contribution in [0.25, 0.3) is 0 Å². The van der Waals surface area contributed by atoms with E-state index in [2.05, 4.69) is 10.6 Å². The molecule has 3 amide bonds. The molecule has 0 unspecified atom stereocenters. The first-order valence-electron chi connectivity index (χ1n) is 9.28. The number of hydrogen-bond donors (Lipinski definition) is 2. The second-order valence-corrected chi connectivity index (χ2v) is 6.92. The minimum absolute atomic E-state index is 0.0753. The van der Waals surface area contributed by atoms with E-state index in [0.717, 1.165) is 51.1 Å². The highest BCUT2D eigenvalue weighted by Crippen LogP contribution is 2.23. The van der Waals surface area contributed by atoms with Crippen molar-refractivity contribution >= 4 is 17.6 Å². The summed E-state index contributed by atoms with van der Waals surface area (Å²) in [6.45, 7) is 4.10. The van der Waals surface area contributed by atoms with Crippen LogP contribution in [0.1, 0.15) is 36.0 Å². The van der Waals surface area contributed by atoms with Gasteiger partial charge >= 0.3 is 6.03 Å². The maximum Gasteiger partial charge on any atom is 0.321 e. The van der Waals surface area contributed by atoms with Gasteiger partial charge in [-0.2, -0.15) is 0 Å². The summed E-state index contributed by atoms with van der Waals surface area (Å²) in [6.07, 6.45) is 4.24. The topological polar surface area (TPSA) is 64.7 Å². The molecule has 6 nitrogen and oxygen atoms in total. The summed E-state index contributed by atoms with van der Waals surface area (Å²) >= 11 is 0. The third-order valence-corrected chi connectivity index (χ3v) is 5.19. The minimum Gasteiger partial charge on any atom is -0.339 e. The van der Waals surface area contributed by atoms with Crippen LogP contribution in [0.3, 0.4) is 0 Å². The molecule has 1 aromatic carbocycles. The number of carbonyl (C=O) groups is 2. The van der Waals surface area contributed by atoms with Gasteiger partial charge in [0.25, 0.3) is 5.91 Å². The SMILES string of the molecule is CNCCC1CCN(C(=O)c2cccc(N3CCCNC3=O)c2)CC1. The molecular weight excluding hydrogens is 316 g/mol. The molecule has 0 saturated carbocycles. The lowest BCUT2D eigenvalue weighted by atomic mass is 9.93. The predicted octanol–water partition coefficient (Wildman–Crippen LogP) is 2.07. The Morgan fingerprint density at radius 3 is 2.80 bits per heavy atom. The van der Waals surface area contributed by atoms with Crippen molar-refractivity contribution in [2.75, 3.05) is 44.7 Å². The van der Waals surface area contributed by atoms with Crippen LogP contribution in [0.2, 0.25) is 0 Å². The average molecular weight is 344 g/mol. The van der Waals surface area contributed by atoms with E-state index >= 15 is 0 Å². The Hall–Kier alpha value is -2.08. The Morgan fingerprint density at radius 1 is 1.28 bits per heavy atom. The van der Waals surface area contributed by atoms with Crippen molar-refractivity contribution in [1.82, 2.24) is 15.5 Å². The number of benzene rings is 1. The summed E-state index contributed by atoms with van der Waals surface area (Å²) in [5, 5.41) is 6.05. The van der Waals surface area contributed by atoms with Gasteiger partial charge in [-0.3, -0.25) is 9.69 Å². The van der Waals surface area contributed by atoms with Gasteiger partial charge in [-0.1, -0.05) is 6.07 Å². The summed E-state index contributed by atoms with van der Waals surface area (Å²) in [6, 6.07) is 7.37. The van der Waals surface area contributed by atoms with Gasteiger partial charge in [-0.15, -0.1) is 0 Å². The fourth-order valence-electron chi connectivity index (χ4n) is 3.64. The van der Waals surface area contributed by atoms with E-state index in [-0.39, 0.29) is 11.9 Å². The third kappa shape index (κ3) is 4.31. The standard InChI is InChI=1S/C19H28N4O2/c1-20-10-6-15-7-12-22(13-8-15)18(24)16-4-2-5-17(14-16)23-11-3-9-21-19(23)25/h2,4-5,14-15,20H,3,6-13H2,1H3,(H,21,25). The number of amides is 3. The zero-order chi connectivity index (χ0) is 17.6. The summed E-state index contributed by atoms with van der Waals surface area (Å²) in [7, 11) is 1.98. The van der Waals surface area contributed by atoms with E-state index in [1.807, 2.05) is 36.2 Å². The molecule has 1 aromatic rings. The molecule has 2 N–H and O–H groups in total. The number of nitrogens with one attached hydrogen (secondary N) is 2. The lowest BCUT2D eigenvalue weighted by molar-refractivity contribution is 0.0687. The molecule has 136 valence electrons. The molecule has 25 heavy (non-hydrogen) atoms. The largest absolute Gasteiger partial charge is 0.339 e. The van der Waals surface area contributed by atoms with E-state index < -0.39 is 0 Å². The number of likely N-dealkylation sites (tertiary alicyclic amines) is 1. The van der Waals surface area contributed by atoms with Crippen LogP contribution in [0, 0.1) is 5.92 Å². The maximum atomic E-state index is 12.8. The Morgan fingerprint density at radius 2 is 2.08 bits per heavy atom. The van der Waals surface area contributed by atoms with E-state index in [1.54, 1.807) is 4.90 Å². The molecule has 2 saturated heterocycles. The van der Waals surface area contributed by atoms with E-state index in [4.69, 9.17) is 0 Å². The zero-order valence-electron chi connectivity index (χ0n) is 15.0. The van der Waals surface area contributed by atoms with Crippen molar-refractivity contribution in [3.8, 4) is 0 Å². The molecule has 0 spiro atoms. The Labute approximate surface area is 149 Å². The summed E-state index contributed by atoms with van der Waals surface area (Å²) < 4.78 is 0. The Bertz CT molecular complexity index is 611. The number of rotatable bonds is 5. The molecule has 2 aliphatic rings. The number of piperidine rings is 1. The lowest BCUT2D eigenvalue weighted by Crippen LogP contribution is -2.46. The monoisotopic (exact) mass is 344 g/mol. The van der Waals surface area contributed by atoms with E-state index in [0.29, 0.717) is 18.0 Å². The van der Waals surface area contributed by atoms with Gasteiger partial charge in [0.05, 0.1) is 0 Å². The molecule has 0 aliphatic carbocycles. The third-order valence-electron chi connectivity index (χ3n) is 5.19. The van der Waals surface area contributed by atoms with Crippen molar-refractivity contribution < 1.29 is 9.59 Å². The highest BCUT2D eigenvalue weighted by molar-refractivity contribution is 5.98. The van der Waals surface area contributed by atoms with Crippen molar-refractivity contribution in [2.24, 2.45) is 5.92 Å². The summed E-state index contributed by atoms with van der Waals surface area (Å²) in [5.74, 6) is 0.784. The lowest BCUT2D eigenvalue weighted by Gasteiger charge is -2.32. The molecule has 2 heterocycles. The number of anilines is 1. The number of urea groups is 1. The van der Waals surface area contributed by atoms with Gasteiger partial charge in [-0.05, 0) is 63.4 Å². The maximum absolute atomic E-state index is 12.8. The fourth-order valence-corrected chi connectivity index (χ4v) is 3.64. The Balaban J connectivity index is 1.63. The highest BCUT2D eigenvalue weighted by atomic mass is 16.2. The number of hydrogen-bond acceptors (Lipinski definition) is 3. The summed E-state index contributed by atoms with van der Waals surface area (Å²) in [4.78, 5) is 28.5. The Kier molecular flexibility index (Phi) is 5.91. The van der Waals surface area contributed by atoms with Crippen molar-refractivity contribution in [1.29, 1.82) is 0 Å². The van der Waals surface area contributed by atoms with Gasteiger partial charge in [-0.25, -0.2) is 4.79 Å². The van der Waals surface area contributed by atoms with Gasteiger partial charge in [0.15, 0.2) is 0 Å². The van der Waals surface area contributed by atoms with Crippen LogP contribution in [-0.4, -0.2) is 56.6 Å². The van der Waals surface area contributed by atoms with Crippen LogP contribution in [0.5, 0.6) is 0 Å². The zero-order valence-corrected chi connectivity index (χ0v) is 15.0. The van der Waals surface area contributed by atoms with Crippen LogP contribution in [0.15, 0.2) is 24.3 Å². The normalized spacial score (nSPS) is 19.0. The first-order valence-corrected chi connectivity index (χ1v) is 9.28. The van der Waals surface area contributed by atoms with Crippen LogP contribution in [0.4, 0.5) is 10.5 Å². The first-order chi connectivity index (χ1) is 12.2. The average Bonchev–Trinajstić information content (AvgIpc) is 2.67. The van der Waals surface area contributed by atoms with Gasteiger partial charge in [0, 0.05) is 37.4 Å². The van der Waals surface area contributed by atoms with Crippen LogP contribution >= 0.6 is 0 Å². The number of carbonyl (C=O) groups excluding carboxylic acids is 2. The second-order valence-electron chi connectivity index (χ2n) is 6.92. The fraction of sp³-hybridized carbons (Fsp3) is 0.579. The molecule has 3 rings (SSSR count). The molecule has 0 radical (unpaired) electrons. The predicted molar refractivity (Wildman–Crippen MR) is 99.0 cm³/mol. The molecule has 0 bridgehead atoms. The van der Waals surface area contributed by atoms with Crippen LogP contribution in [-0.2, 0) is 0 Å². The van der Waals surface area contributed by atoms with Crippen molar-refractivity contribution in [2.45, 2.75) is 25.7 Å². The van der Waals surface area contributed by atoms with Crippen LogP contribution < -0.4 is 15.5 Å². The minimum atomic E-state index is -0.0822. The molecule has 0 aromatic heterocycles. The van der Waals surface area contributed by atoms with Crippen molar-refractivity contribution in [3.05, 3.63) is 29.8 Å². The first kappa shape index (κ1) is 17.7. The summed E-state index contributed by atoms with van der Waals surface area (Å²) in [5.41, 5.74) is 1.47. The van der Waals surface area contributed by atoms with Crippen molar-refractivity contribution in [3.63, 3.8) is 0 Å². The second kappa shape index (κ2) is 8.34. The molecule has 6 heteroatoms. The highest BCUT2D eigenvalue weighted by Gasteiger charge is 2.25. The van der Waals surface area contributed by atoms with E-state index in [1.165, 1.54) is 6.42 Å². The smallest absolute Gasteiger partial charge is 0.321 e. The molecular formula is C19H28N4O2. The van der Waals surface area contributed by atoms with E-state index in [9.17, 15) is 9.59 Å². The molecule has 0 atom stereocenters. The number of nitrogens with zero attached hydrogens (tertiary/aromatic N) is 2. The quantitative estimate of drug-likeness (QED) is 0.859. The van der Waals surface area contributed by atoms with Gasteiger partial charge in [0.1, 0.15) is 0 Å².